The number of carbonyl (C=O) groups excluding carboxylic acids is 1. The fourth-order valence-electron chi connectivity index (χ4n) is 1.60. The van der Waals surface area contributed by atoms with Gasteiger partial charge in [0.15, 0.2) is 0 Å². The highest BCUT2D eigenvalue weighted by Crippen LogP contribution is 2.19. The molecule has 0 atom stereocenters. The summed E-state index contributed by atoms with van der Waals surface area (Å²) in [5.74, 6) is 0. The van der Waals surface area contributed by atoms with Crippen LogP contribution in [-0.2, 0) is 21.2 Å². The molecule has 100 valence electrons. The minimum atomic E-state index is -3.70. The Hall–Kier alpha value is -1.56. The number of rotatable bonds is 4. The van der Waals surface area contributed by atoms with Crippen LogP contribution in [0.25, 0.3) is 0 Å². The molecule has 0 aliphatic carbocycles. The van der Waals surface area contributed by atoms with Crippen molar-refractivity contribution in [2.75, 3.05) is 17.7 Å². The molecular weight excluding hydrogens is 254 g/mol. The lowest BCUT2D eigenvalue weighted by molar-refractivity contribution is 0.183. The number of benzene rings is 1. The maximum Gasteiger partial charge on any atom is 0.428 e. The number of hydrogen-bond acceptors (Lipinski definition) is 4. The number of sulfonamides is 1. The van der Waals surface area contributed by atoms with E-state index in [1.807, 2.05) is 0 Å². The Morgan fingerprint density at radius 3 is 2.22 bits per heavy atom. The van der Waals surface area contributed by atoms with Gasteiger partial charge in [0.1, 0.15) is 0 Å². The first-order valence-electron chi connectivity index (χ1n) is 5.57. The van der Waals surface area contributed by atoms with E-state index in [1.165, 1.54) is 0 Å². The van der Waals surface area contributed by atoms with Gasteiger partial charge < -0.3 is 4.74 Å². The summed E-state index contributed by atoms with van der Waals surface area (Å²) in [6.45, 7) is 2.06. The molecule has 0 aliphatic rings. The summed E-state index contributed by atoms with van der Waals surface area (Å²) >= 11 is 0. The third kappa shape index (κ3) is 3.46. The predicted octanol–water partition coefficient (Wildman–Crippen LogP) is 2.17. The molecule has 0 fully saturated rings. The second kappa shape index (κ2) is 5.86. The number of ether oxygens (including phenoxy) is 1. The molecule has 1 rings (SSSR count). The molecule has 1 aromatic rings. The van der Waals surface area contributed by atoms with E-state index in [1.54, 1.807) is 24.3 Å². The third-order valence-electron chi connectivity index (χ3n) is 2.38. The van der Waals surface area contributed by atoms with Crippen molar-refractivity contribution in [3.63, 3.8) is 0 Å². The van der Waals surface area contributed by atoms with Gasteiger partial charge in [-0.1, -0.05) is 25.5 Å². The van der Waals surface area contributed by atoms with E-state index in [0.717, 1.165) is 31.8 Å². The molecule has 1 aromatic carbocycles. The van der Waals surface area contributed by atoms with E-state index in [2.05, 4.69) is 11.7 Å². The van der Waals surface area contributed by atoms with Crippen molar-refractivity contribution in [2.45, 2.75) is 19.8 Å². The lowest BCUT2D eigenvalue weighted by Gasteiger charge is -2.18. The zero-order chi connectivity index (χ0) is 13.8. The fraction of sp³-hybridized carbons (Fsp3) is 0.417. The molecule has 0 aliphatic heterocycles. The van der Waals surface area contributed by atoms with Gasteiger partial charge in [0.2, 0.25) is 10.0 Å². The Balaban J connectivity index is 3.11. The highest BCUT2D eigenvalue weighted by molar-refractivity contribution is 7.92. The first-order valence-corrected chi connectivity index (χ1v) is 7.42. The van der Waals surface area contributed by atoms with Crippen molar-refractivity contribution in [3.8, 4) is 0 Å². The van der Waals surface area contributed by atoms with Gasteiger partial charge in [-0.3, -0.25) is 0 Å². The molecule has 1 amide bonds. The summed E-state index contributed by atoms with van der Waals surface area (Å²) in [7, 11) is -2.55. The van der Waals surface area contributed by atoms with Gasteiger partial charge in [-0.25, -0.2) is 13.2 Å². The van der Waals surface area contributed by atoms with Crippen LogP contribution in [0, 0.1) is 0 Å². The second-order valence-electron chi connectivity index (χ2n) is 3.91. The van der Waals surface area contributed by atoms with Crippen LogP contribution in [-0.4, -0.2) is 27.9 Å². The molecule has 0 radical (unpaired) electrons. The zero-order valence-corrected chi connectivity index (χ0v) is 11.5. The summed E-state index contributed by atoms with van der Waals surface area (Å²) in [6.07, 6.45) is 1.97. The minimum absolute atomic E-state index is 0.282. The quantitative estimate of drug-likeness (QED) is 0.842. The van der Waals surface area contributed by atoms with Crippen molar-refractivity contribution in [1.29, 1.82) is 0 Å². The van der Waals surface area contributed by atoms with Gasteiger partial charge in [-0.05, 0) is 24.1 Å². The average molecular weight is 271 g/mol. The van der Waals surface area contributed by atoms with E-state index < -0.39 is 16.1 Å². The van der Waals surface area contributed by atoms with Crippen LogP contribution in [0.2, 0.25) is 0 Å². The summed E-state index contributed by atoms with van der Waals surface area (Å²) in [4.78, 5) is 11.5. The molecule has 0 bridgehead atoms. The number of carbonyl (C=O) groups is 1. The van der Waals surface area contributed by atoms with E-state index in [-0.39, 0.29) is 5.69 Å². The van der Waals surface area contributed by atoms with Gasteiger partial charge in [-0.2, -0.15) is 4.31 Å². The highest BCUT2D eigenvalue weighted by Gasteiger charge is 2.25. The standard InChI is InChI=1S/C12H17NO4S/c1-4-5-10-6-8-11(9-7-10)13(12(14)17-2)18(3,15)16/h6-9H,4-5H2,1-3H3. The fourth-order valence-corrected chi connectivity index (χ4v) is 2.45. The number of aryl methyl sites for hydroxylation is 1. The summed E-state index contributed by atoms with van der Waals surface area (Å²) in [5, 5.41) is 0. The molecule has 6 heteroatoms. The maximum absolute atomic E-state index is 11.6. The first kappa shape index (κ1) is 14.5. The van der Waals surface area contributed by atoms with Crippen molar-refractivity contribution in [3.05, 3.63) is 29.8 Å². The molecule has 0 heterocycles. The topological polar surface area (TPSA) is 63.7 Å². The highest BCUT2D eigenvalue weighted by atomic mass is 32.2. The Morgan fingerprint density at radius 2 is 1.83 bits per heavy atom. The summed E-state index contributed by atoms with van der Waals surface area (Å²) in [5.41, 5.74) is 1.38. The maximum atomic E-state index is 11.6. The van der Waals surface area contributed by atoms with Crippen LogP contribution in [0.4, 0.5) is 10.5 Å². The van der Waals surface area contributed by atoms with E-state index in [9.17, 15) is 13.2 Å². The summed E-state index contributed by atoms with van der Waals surface area (Å²) < 4.78 is 28.3. The number of amides is 1. The van der Waals surface area contributed by atoms with Crippen LogP contribution in [0.1, 0.15) is 18.9 Å². The van der Waals surface area contributed by atoms with Crippen LogP contribution >= 0.6 is 0 Å². The normalized spacial score (nSPS) is 11.1. The SMILES string of the molecule is CCCc1ccc(N(C(=O)OC)S(C)(=O)=O)cc1. The number of nitrogens with zero attached hydrogens (tertiary/aromatic N) is 1. The number of anilines is 1. The van der Waals surface area contributed by atoms with Crippen molar-refractivity contribution >= 4 is 21.8 Å². The van der Waals surface area contributed by atoms with Crippen molar-refractivity contribution in [1.82, 2.24) is 0 Å². The third-order valence-corrected chi connectivity index (χ3v) is 3.40. The minimum Gasteiger partial charge on any atom is -0.452 e. The molecule has 0 unspecified atom stereocenters. The molecule has 5 nitrogen and oxygen atoms in total. The van der Waals surface area contributed by atoms with Crippen LogP contribution in [0.15, 0.2) is 24.3 Å². The molecule has 18 heavy (non-hydrogen) atoms. The molecule has 0 aromatic heterocycles. The van der Waals surface area contributed by atoms with E-state index in [0.29, 0.717) is 4.31 Å². The van der Waals surface area contributed by atoms with Crippen LogP contribution in [0.3, 0.4) is 0 Å². The van der Waals surface area contributed by atoms with Crippen LogP contribution < -0.4 is 4.31 Å². The Kier molecular flexibility index (Phi) is 4.72. The van der Waals surface area contributed by atoms with Gasteiger partial charge in [0, 0.05) is 0 Å². The summed E-state index contributed by atoms with van der Waals surface area (Å²) in [6, 6.07) is 6.81. The Bertz CT molecular complexity index is 507. The first-order chi connectivity index (χ1) is 8.40. The average Bonchev–Trinajstić information content (AvgIpc) is 2.30. The molecular formula is C12H17NO4S. The van der Waals surface area contributed by atoms with Gasteiger partial charge in [0.25, 0.3) is 0 Å². The van der Waals surface area contributed by atoms with Gasteiger partial charge in [0.05, 0.1) is 19.1 Å². The van der Waals surface area contributed by atoms with E-state index in [4.69, 9.17) is 0 Å². The van der Waals surface area contributed by atoms with Gasteiger partial charge >= 0.3 is 6.09 Å². The van der Waals surface area contributed by atoms with Crippen molar-refractivity contribution in [2.24, 2.45) is 0 Å². The Labute approximate surface area is 107 Å². The monoisotopic (exact) mass is 271 g/mol. The zero-order valence-electron chi connectivity index (χ0n) is 10.7. The van der Waals surface area contributed by atoms with Crippen molar-refractivity contribution < 1.29 is 17.9 Å². The second-order valence-corrected chi connectivity index (χ2v) is 5.75. The van der Waals surface area contributed by atoms with Gasteiger partial charge in [-0.15, -0.1) is 0 Å². The molecule has 0 saturated heterocycles. The Morgan fingerprint density at radius 1 is 1.28 bits per heavy atom. The number of hydrogen-bond donors (Lipinski definition) is 0. The molecule has 0 spiro atoms. The smallest absolute Gasteiger partial charge is 0.428 e. The molecule has 0 N–H and O–H groups in total. The lowest BCUT2D eigenvalue weighted by atomic mass is 10.1. The lowest BCUT2D eigenvalue weighted by Crippen LogP contribution is -2.35. The molecule has 0 saturated carbocycles. The number of methoxy groups -OCH3 is 1. The predicted molar refractivity (Wildman–Crippen MR) is 70.2 cm³/mol. The largest absolute Gasteiger partial charge is 0.452 e. The van der Waals surface area contributed by atoms with Crippen LogP contribution in [0.5, 0.6) is 0 Å². The van der Waals surface area contributed by atoms with E-state index >= 15 is 0 Å².